The van der Waals surface area contributed by atoms with E-state index in [0.717, 1.165) is 9.26 Å². The summed E-state index contributed by atoms with van der Waals surface area (Å²) in [6, 6.07) is 14.7. The molecule has 116 valence electrons. The number of nitrogens with zero attached hydrogens (tertiary/aromatic N) is 4. The Kier molecular flexibility index (Phi) is 4.87. The zero-order valence-corrected chi connectivity index (χ0v) is 14.7. The highest BCUT2D eigenvalue weighted by molar-refractivity contribution is 14.1. The molecule has 8 heteroatoms. The lowest BCUT2D eigenvalue weighted by molar-refractivity contribution is -0.117. The van der Waals surface area contributed by atoms with Gasteiger partial charge in [-0.3, -0.25) is 4.79 Å². The van der Waals surface area contributed by atoms with Crippen LogP contribution < -0.4 is 5.32 Å². The van der Waals surface area contributed by atoms with E-state index in [9.17, 15) is 4.79 Å². The first-order valence-electron chi connectivity index (χ1n) is 6.70. The molecular formula is C15H11ClIN5O. The number of nitrogens with one attached hydrogen (secondary N) is 1. The summed E-state index contributed by atoms with van der Waals surface area (Å²) in [5.74, 6) is 0.160. The third-order valence-corrected chi connectivity index (χ3v) is 3.96. The smallest absolute Gasteiger partial charge is 0.248 e. The molecule has 2 aromatic carbocycles. The maximum Gasteiger partial charge on any atom is 0.248 e. The van der Waals surface area contributed by atoms with Crippen LogP contribution in [-0.4, -0.2) is 26.1 Å². The van der Waals surface area contributed by atoms with Gasteiger partial charge in [0, 0.05) is 14.8 Å². The standard InChI is InChI=1S/C15H11ClIN5O/c16-13-7-2-1-6-12(13)15-19-21-22(20-15)9-14(23)18-11-5-3-4-10(17)8-11/h1-8H,9H2,(H,18,23). The molecule has 0 fully saturated rings. The molecule has 1 heterocycles. The lowest BCUT2D eigenvalue weighted by atomic mass is 10.2. The Hall–Kier alpha value is -2.00. The molecule has 0 unspecified atom stereocenters. The molecule has 0 saturated carbocycles. The van der Waals surface area contributed by atoms with Crippen LogP contribution in [0.4, 0.5) is 5.69 Å². The third-order valence-electron chi connectivity index (χ3n) is 2.96. The molecule has 0 atom stereocenters. The van der Waals surface area contributed by atoms with Crippen molar-refractivity contribution < 1.29 is 4.79 Å². The maximum atomic E-state index is 12.0. The van der Waals surface area contributed by atoms with Gasteiger partial charge in [0.15, 0.2) is 0 Å². The van der Waals surface area contributed by atoms with Gasteiger partial charge in [-0.2, -0.15) is 4.80 Å². The summed E-state index contributed by atoms with van der Waals surface area (Å²) < 4.78 is 1.04. The Morgan fingerprint density at radius 3 is 2.83 bits per heavy atom. The van der Waals surface area contributed by atoms with Crippen molar-refractivity contribution in [3.8, 4) is 11.4 Å². The first-order valence-corrected chi connectivity index (χ1v) is 8.15. The van der Waals surface area contributed by atoms with Gasteiger partial charge in [-0.05, 0) is 58.1 Å². The van der Waals surface area contributed by atoms with E-state index in [4.69, 9.17) is 11.6 Å². The summed E-state index contributed by atoms with van der Waals surface area (Å²) in [6.07, 6.45) is 0. The number of tetrazole rings is 1. The molecule has 0 radical (unpaired) electrons. The van der Waals surface area contributed by atoms with E-state index in [2.05, 4.69) is 43.3 Å². The van der Waals surface area contributed by atoms with Gasteiger partial charge < -0.3 is 5.32 Å². The summed E-state index contributed by atoms with van der Waals surface area (Å²) >= 11 is 8.28. The van der Waals surface area contributed by atoms with E-state index in [1.807, 2.05) is 36.4 Å². The number of hydrogen-bond donors (Lipinski definition) is 1. The molecule has 1 N–H and O–H groups in total. The van der Waals surface area contributed by atoms with E-state index < -0.39 is 0 Å². The zero-order chi connectivity index (χ0) is 16.2. The minimum Gasteiger partial charge on any atom is -0.324 e. The van der Waals surface area contributed by atoms with Crippen LogP contribution in [0.1, 0.15) is 0 Å². The van der Waals surface area contributed by atoms with Crippen molar-refractivity contribution >= 4 is 45.8 Å². The Bertz CT molecular complexity index is 851. The molecule has 6 nitrogen and oxygen atoms in total. The van der Waals surface area contributed by atoms with Crippen molar-refractivity contribution in [3.05, 3.63) is 57.1 Å². The number of anilines is 1. The molecule has 1 aromatic heterocycles. The van der Waals surface area contributed by atoms with Gasteiger partial charge in [0.2, 0.25) is 11.7 Å². The highest BCUT2D eigenvalue weighted by Crippen LogP contribution is 2.23. The van der Waals surface area contributed by atoms with Gasteiger partial charge in [0.05, 0.1) is 5.02 Å². The Balaban J connectivity index is 1.69. The lowest BCUT2D eigenvalue weighted by Crippen LogP contribution is -2.20. The highest BCUT2D eigenvalue weighted by atomic mass is 127. The monoisotopic (exact) mass is 439 g/mol. The number of amides is 1. The van der Waals surface area contributed by atoms with Gasteiger partial charge in [-0.15, -0.1) is 10.2 Å². The minimum atomic E-state index is -0.227. The van der Waals surface area contributed by atoms with Crippen LogP contribution in [0.2, 0.25) is 5.02 Å². The van der Waals surface area contributed by atoms with Crippen molar-refractivity contribution in [2.75, 3.05) is 5.32 Å². The van der Waals surface area contributed by atoms with E-state index in [0.29, 0.717) is 16.4 Å². The first-order chi connectivity index (χ1) is 11.1. The number of hydrogen-bond acceptors (Lipinski definition) is 4. The lowest BCUT2D eigenvalue weighted by Gasteiger charge is -2.04. The van der Waals surface area contributed by atoms with E-state index in [-0.39, 0.29) is 12.5 Å². The number of carbonyl (C=O) groups is 1. The summed E-state index contributed by atoms with van der Waals surface area (Å²) in [4.78, 5) is 13.3. The molecular weight excluding hydrogens is 429 g/mol. The fourth-order valence-electron chi connectivity index (χ4n) is 1.96. The largest absolute Gasteiger partial charge is 0.324 e. The third kappa shape index (κ3) is 4.05. The predicted octanol–water partition coefficient (Wildman–Crippen LogP) is 3.24. The van der Waals surface area contributed by atoms with Crippen LogP contribution in [0, 0.1) is 3.57 Å². The van der Waals surface area contributed by atoms with Crippen LogP contribution in [0.3, 0.4) is 0 Å². The second-order valence-electron chi connectivity index (χ2n) is 4.68. The Morgan fingerprint density at radius 2 is 2.04 bits per heavy atom. The van der Waals surface area contributed by atoms with E-state index >= 15 is 0 Å². The van der Waals surface area contributed by atoms with Crippen LogP contribution >= 0.6 is 34.2 Å². The first kappa shape index (κ1) is 15.9. The van der Waals surface area contributed by atoms with Crippen LogP contribution in [-0.2, 0) is 11.3 Å². The molecule has 0 aliphatic carbocycles. The summed E-state index contributed by atoms with van der Waals surface area (Å²) in [7, 11) is 0. The second-order valence-corrected chi connectivity index (χ2v) is 6.33. The second kappa shape index (κ2) is 7.05. The minimum absolute atomic E-state index is 0.0249. The number of halogens is 2. The maximum absolute atomic E-state index is 12.0. The van der Waals surface area contributed by atoms with Gasteiger partial charge in [-0.1, -0.05) is 29.8 Å². The molecule has 1 amide bonds. The van der Waals surface area contributed by atoms with Crippen molar-refractivity contribution in [1.29, 1.82) is 0 Å². The fraction of sp³-hybridized carbons (Fsp3) is 0.0667. The topological polar surface area (TPSA) is 72.7 Å². The normalized spacial score (nSPS) is 10.5. The van der Waals surface area contributed by atoms with Gasteiger partial charge >= 0.3 is 0 Å². The average molecular weight is 440 g/mol. The van der Waals surface area contributed by atoms with Crippen molar-refractivity contribution in [2.45, 2.75) is 6.54 Å². The zero-order valence-electron chi connectivity index (χ0n) is 11.8. The average Bonchev–Trinajstić information content (AvgIpc) is 2.95. The number of rotatable bonds is 4. The summed E-state index contributed by atoms with van der Waals surface area (Å²) in [5.41, 5.74) is 1.41. The van der Waals surface area contributed by atoms with Gasteiger partial charge in [-0.25, -0.2) is 0 Å². The number of aromatic nitrogens is 4. The van der Waals surface area contributed by atoms with Crippen molar-refractivity contribution in [3.63, 3.8) is 0 Å². The SMILES string of the molecule is O=C(Cn1nnc(-c2ccccc2Cl)n1)Nc1cccc(I)c1. The van der Waals surface area contributed by atoms with Gasteiger partial charge in [0.1, 0.15) is 6.54 Å². The molecule has 0 saturated heterocycles. The molecule has 0 bridgehead atoms. The fourth-order valence-corrected chi connectivity index (χ4v) is 2.72. The summed E-state index contributed by atoms with van der Waals surface area (Å²) in [5, 5.41) is 15.3. The van der Waals surface area contributed by atoms with Crippen molar-refractivity contribution in [1.82, 2.24) is 20.2 Å². The Morgan fingerprint density at radius 1 is 1.22 bits per heavy atom. The molecule has 0 aliphatic heterocycles. The van der Waals surface area contributed by atoms with Gasteiger partial charge in [0.25, 0.3) is 0 Å². The molecule has 3 rings (SSSR count). The number of carbonyl (C=O) groups excluding carboxylic acids is 1. The van der Waals surface area contributed by atoms with E-state index in [1.54, 1.807) is 12.1 Å². The molecule has 23 heavy (non-hydrogen) atoms. The molecule has 0 spiro atoms. The summed E-state index contributed by atoms with van der Waals surface area (Å²) in [6.45, 7) is -0.0249. The quantitative estimate of drug-likeness (QED) is 0.634. The van der Waals surface area contributed by atoms with Crippen LogP contribution in [0.25, 0.3) is 11.4 Å². The molecule has 0 aliphatic rings. The number of benzene rings is 2. The van der Waals surface area contributed by atoms with Crippen LogP contribution in [0.5, 0.6) is 0 Å². The van der Waals surface area contributed by atoms with Crippen molar-refractivity contribution in [2.24, 2.45) is 0 Å². The molecule has 3 aromatic rings. The highest BCUT2D eigenvalue weighted by Gasteiger charge is 2.11. The predicted molar refractivity (Wildman–Crippen MR) is 96.1 cm³/mol. The van der Waals surface area contributed by atoms with E-state index in [1.165, 1.54) is 4.80 Å². The Labute approximate surface area is 151 Å². The van der Waals surface area contributed by atoms with Crippen LogP contribution in [0.15, 0.2) is 48.5 Å².